The molecule has 0 spiro atoms. The highest BCUT2D eigenvalue weighted by Crippen LogP contribution is 2.32. The molecule has 0 saturated carbocycles. The lowest BCUT2D eigenvalue weighted by Crippen LogP contribution is -2.24. The molecule has 1 atom stereocenters. The lowest BCUT2D eigenvalue weighted by atomic mass is 9.76. The lowest BCUT2D eigenvalue weighted by molar-refractivity contribution is 0.0957. The number of carbonyl (C=O) groups excluding carboxylic acids is 1. The number of ketones is 1. The normalized spacial score (nSPS) is 13.4. The minimum absolute atomic E-state index is 0.193. The molecule has 1 aromatic rings. The summed E-state index contributed by atoms with van der Waals surface area (Å²) in [5.74, 6) is 0.681. The third kappa shape index (κ3) is 5.08. The van der Waals surface area contributed by atoms with Gasteiger partial charge in [-0.1, -0.05) is 27.7 Å². The van der Waals surface area contributed by atoms with Crippen LogP contribution in [0.4, 0.5) is 0 Å². The van der Waals surface area contributed by atoms with Crippen molar-refractivity contribution in [2.45, 2.75) is 59.9 Å². The van der Waals surface area contributed by atoms with Crippen molar-refractivity contribution < 1.29 is 4.79 Å². The summed E-state index contributed by atoms with van der Waals surface area (Å²) in [7, 11) is 0. The Bertz CT molecular complexity index is 418. The van der Waals surface area contributed by atoms with Crippen LogP contribution in [0.3, 0.4) is 0 Å². The maximum absolute atomic E-state index is 12.2. The molecule has 2 N–H and O–H groups in total. The summed E-state index contributed by atoms with van der Waals surface area (Å²) in [5, 5.41) is 4.22. The maximum atomic E-state index is 12.2. The van der Waals surface area contributed by atoms with Gasteiger partial charge in [-0.25, -0.2) is 0 Å². The molecule has 0 radical (unpaired) electrons. The fourth-order valence-electron chi connectivity index (χ4n) is 2.52. The van der Waals surface area contributed by atoms with E-state index in [1.54, 1.807) is 6.20 Å². The van der Waals surface area contributed by atoms with Crippen LogP contribution in [0.5, 0.6) is 0 Å². The van der Waals surface area contributed by atoms with Crippen LogP contribution < -0.4 is 5.73 Å². The van der Waals surface area contributed by atoms with Gasteiger partial charge in [0.15, 0.2) is 5.78 Å². The first-order valence-electron chi connectivity index (χ1n) is 7.64. The molecule has 0 saturated heterocycles. The van der Waals surface area contributed by atoms with Gasteiger partial charge in [-0.05, 0) is 37.1 Å². The zero-order valence-corrected chi connectivity index (χ0v) is 13.4. The average Bonchev–Trinajstić information content (AvgIpc) is 2.82. The molecule has 1 rings (SSSR count). The molecule has 0 fully saturated rings. The number of nitrogens with two attached hydrogens (primary N) is 1. The first-order valence-corrected chi connectivity index (χ1v) is 7.64. The molecule has 0 aliphatic rings. The van der Waals surface area contributed by atoms with Crippen molar-refractivity contribution >= 4 is 5.78 Å². The van der Waals surface area contributed by atoms with E-state index in [1.165, 1.54) is 0 Å². The number of hydrogen-bond acceptors (Lipinski definition) is 3. The Morgan fingerprint density at radius 2 is 2.10 bits per heavy atom. The smallest absolute Gasteiger partial charge is 0.166 e. The van der Waals surface area contributed by atoms with E-state index < -0.39 is 0 Å². The minimum atomic E-state index is 0.193. The van der Waals surface area contributed by atoms with Gasteiger partial charge >= 0.3 is 0 Å². The van der Waals surface area contributed by atoms with Crippen molar-refractivity contribution in [1.29, 1.82) is 0 Å². The van der Waals surface area contributed by atoms with Crippen LogP contribution in [-0.2, 0) is 6.54 Å². The standard InChI is InChI=1S/C16H29N3O/c1-5-10-19-12-13(11-18-19)15(20)7-6-14(8-9-17)16(2,3)4/h11-12,14H,5-10,17H2,1-4H3. The molecular weight excluding hydrogens is 250 g/mol. The van der Waals surface area contributed by atoms with Crippen LogP contribution in [0, 0.1) is 11.3 Å². The van der Waals surface area contributed by atoms with E-state index in [2.05, 4.69) is 32.8 Å². The zero-order valence-electron chi connectivity index (χ0n) is 13.4. The molecule has 1 heterocycles. The number of carbonyl (C=O) groups is 1. The lowest BCUT2D eigenvalue weighted by Gasteiger charge is -2.30. The Hall–Kier alpha value is -1.16. The largest absolute Gasteiger partial charge is 0.330 e. The van der Waals surface area contributed by atoms with Crippen LogP contribution in [-0.4, -0.2) is 22.1 Å². The Labute approximate surface area is 122 Å². The van der Waals surface area contributed by atoms with E-state index in [0.29, 0.717) is 18.9 Å². The molecule has 114 valence electrons. The molecule has 0 amide bonds. The van der Waals surface area contributed by atoms with Crippen molar-refractivity contribution in [2.75, 3.05) is 6.54 Å². The fraction of sp³-hybridized carbons (Fsp3) is 0.750. The van der Waals surface area contributed by atoms with Crippen molar-refractivity contribution in [1.82, 2.24) is 9.78 Å². The number of aromatic nitrogens is 2. The Balaban J connectivity index is 2.56. The van der Waals surface area contributed by atoms with Gasteiger partial charge in [0, 0.05) is 19.2 Å². The molecule has 0 aromatic carbocycles. The highest BCUT2D eigenvalue weighted by molar-refractivity contribution is 5.95. The van der Waals surface area contributed by atoms with Crippen LogP contribution in [0.2, 0.25) is 0 Å². The van der Waals surface area contributed by atoms with E-state index in [0.717, 1.165) is 31.4 Å². The number of hydrogen-bond donors (Lipinski definition) is 1. The van der Waals surface area contributed by atoms with Gasteiger partial charge < -0.3 is 5.73 Å². The molecular formula is C16H29N3O. The number of nitrogens with zero attached hydrogens (tertiary/aromatic N) is 2. The SMILES string of the molecule is CCCn1cc(C(=O)CCC(CCN)C(C)(C)C)cn1. The molecule has 20 heavy (non-hydrogen) atoms. The monoisotopic (exact) mass is 279 g/mol. The highest BCUT2D eigenvalue weighted by atomic mass is 16.1. The summed E-state index contributed by atoms with van der Waals surface area (Å²) in [6.07, 6.45) is 7.04. The molecule has 0 aliphatic heterocycles. The molecule has 1 unspecified atom stereocenters. The zero-order chi connectivity index (χ0) is 15.2. The first kappa shape index (κ1) is 16.9. The average molecular weight is 279 g/mol. The molecule has 0 bridgehead atoms. The van der Waals surface area contributed by atoms with E-state index in [4.69, 9.17) is 5.73 Å². The summed E-state index contributed by atoms with van der Waals surface area (Å²) < 4.78 is 1.84. The van der Waals surface area contributed by atoms with Crippen molar-refractivity contribution in [3.8, 4) is 0 Å². The second-order valence-electron chi connectivity index (χ2n) is 6.59. The highest BCUT2D eigenvalue weighted by Gasteiger charge is 2.24. The van der Waals surface area contributed by atoms with Gasteiger partial charge in [0.2, 0.25) is 0 Å². The van der Waals surface area contributed by atoms with Crippen molar-refractivity contribution in [3.05, 3.63) is 18.0 Å². The molecule has 4 heteroatoms. The van der Waals surface area contributed by atoms with Crippen LogP contribution >= 0.6 is 0 Å². The van der Waals surface area contributed by atoms with E-state index >= 15 is 0 Å². The Kier molecular flexibility index (Phi) is 6.40. The maximum Gasteiger partial charge on any atom is 0.166 e. The molecule has 1 aromatic heterocycles. The van der Waals surface area contributed by atoms with Crippen molar-refractivity contribution in [3.63, 3.8) is 0 Å². The van der Waals surface area contributed by atoms with Crippen LogP contribution in [0.1, 0.15) is 63.7 Å². The Morgan fingerprint density at radius 3 is 2.65 bits per heavy atom. The number of aryl methyl sites for hydroxylation is 1. The second kappa shape index (κ2) is 7.58. The third-order valence-corrected chi connectivity index (χ3v) is 3.87. The molecule has 0 aliphatic carbocycles. The predicted molar refractivity (Wildman–Crippen MR) is 82.7 cm³/mol. The van der Waals surface area contributed by atoms with Crippen LogP contribution in [0.25, 0.3) is 0 Å². The number of rotatable bonds is 8. The van der Waals surface area contributed by atoms with Crippen molar-refractivity contribution in [2.24, 2.45) is 17.1 Å². The summed E-state index contributed by atoms with van der Waals surface area (Å²) in [6.45, 7) is 10.3. The quantitative estimate of drug-likeness (QED) is 0.743. The summed E-state index contributed by atoms with van der Waals surface area (Å²) >= 11 is 0. The van der Waals surface area contributed by atoms with Gasteiger partial charge in [-0.3, -0.25) is 9.48 Å². The Morgan fingerprint density at radius 1 is 1.40 bits per heavy atom. The summed E-state index contributed by atoms with van der Waals surface area (Å²) in [5.41, 5.74) is 6.62. The number of Topliss-reactive ketones (excluding diaryl/α,β-unsaturated/α-hetero) is 1. The fourth-order valence-corrected chi connectivity index (χ4v) is 2.52. The minimum Gasteiger partial charge on any atom is -0.330 e. The van der Waals surface area contributed by atoms with E-state index in [1.807, 2.05) is 10.9 Å². The van der Waals surface area contributed by atoms with Gasteiger partial charge in [0.05, 0.1) is 11.8 Å². The second-order valence-corrected chi connectivity index (χ2v) is 6.59. The molecule has 4 nitrogen and oxygen atoms in total. The third-order valence-electron chi connectivity index (χ3n) is 3.87. The predicted octanol–water partition coefficient (Wildman–Crippen LogP) is 3.27. The first-order chi connectivity index (χ1) is 9.38. The van der Waals surface area contributed by atoms with Gasteiger partial charge in [-0.2, -0.15) is 5.10 Å². The summed E-state index contributed by atoms with van der Waals surface area (Å²) in [6, 6.07) is 0. The van der Waals surface area contributed by atoms with E-state index in [-0.39, 0.29) is 11.2 Å². The van der Waals surface area contributed by atoms with Crippen LogP contribution in [0.15, 0.2) is 12.4 Å². The van der Waals surface area contributed by atoms with Gasteiger partial charge in [0.25, 0.3) is 0 Å². The van der Waals surface area contributed by atoms with Gasteiger partial charge in [-0.15, -0.1) is 0 Å². The van der Waals surface area contributed by atoms with Gasteiger partial charge in [0.1, 0.15) is 0 Å². The topological polar surface area (TPSA) is 60.9 Å². The van der Waals surface area contributed by atoms with E-state index in [9.17, 15) is 4.79 Å². The summed E-state index contributed by atoms with van der Waals surface area (Å²) in [4.78, 5) is 12.2.